The monoisotopic (exact) mass is 275 g/mol. The van der Waals surface area contributed by atoms with Crippen molar-refractivity contribution >= 4 is 23.0 Å². The lowest BCUT2D eigenvalue weighted by Gasteiger charge is -2.05. The van der Waals surface area contributed by atoms with Crippen LogP contribution in [0.15, 0.2) is 36.4 Å². The second kappa shape index (κ2) is 6.38. The molecule has 0 amide bonds. The highest BCUT2D eigenvalue weighted by Crippen LogP contribution is 2.18. The summed E-state index contributed by atoms with van der Waals surface area (Å²) in [4.78, 5) is 14.0. The van der Waals surface area contributed by atoms with Crippen molar-refractivity contribution in [2.24, 2.45) is 0 Å². The lowest BCUT2D eigenvalue weighted by atomic mass is 10.2. The first-order valence-corrected chi connectivity index (χ1v) is 7.04. The Hall–Kier alpha value is -1.81. The summed E-state index contributed by atoms with van der Waals surface area (Å²) in [6.45, 7) is 2.97. The predicted octanol–water partition coefficient (Wildman–Crippen LogP) is 3.71. The Morgan fingerprint density at radius 1 is 1.16 bits per heavy atom. The number of benzene rings is 1. The quantitative estimate of drug-likeness (QED) is 0.845. The molecule has 0 saturated heterocycles. The van der Waals surface area contributed by atoms with Crippen LogP contribution in [-0.4, -0.2) is 13.1 Å². The van der Waals surface area contributed by atoms with Crippen LogP contribution in [0.4, 0.5) is 5.69 Å². The molecule has 0 aliphatic heterocycles. The maximum absolute atomic E-state index is 11.3. The Labute approximate surface area is 117 Å². The summed E-state index contributed by atoms with van der Waals surface area (Å²) >= 11 is 1.83. The fraction of sp³-hybridized carbons (Fsp3) is 0.267. The second-order valence-corrected chi connectivity index (χ2v) is 5.40. The van der Waals surface area contributed by atoms with Crippen molar-refractivity contribution < 1.29 is 9.53 Å². The molecular formula is C15H17NO2S. The van der Waals surface area contributed by atoms with E-state index in [1.807, 2.05) is 23.5 Å². The molecule has 0 spiro atoms. The van der Waals surface area contributed by atoms with Crippen molar-refractivity contribution in [2.45, 2.75) is 19.9 Å². The van der Waals surface area contributed by atoms with Gasteiger partial charge in [0.1, 0.15) is 0 Å². The third kappa shape index (κ3) is 3.58. The third-order valence-corrected chi connectivity index (χ3v) is 4.07. The Kier molecular flexibility index (Phi) is 4.58. The molecule has 0 unspecified atom stereocenters. The summed E-state index contributed by atoms with van der Waals surface area (Å²) in [5.74, 6) is -0.308. The van der Waals surface area contributed by atoms with Crippen molar-refractivity contribution in [3.8, 4) is 0 Å². The molecule has 3 nitrogen and oxygen atoms in total. The molecule has 2 aromatic rings. The molecule has 0 saturated carbocycles. The van der Waals surface area contributed by atoms with E-state index in [9.17, 15) is 4.79 Å². The van der Waals surface area contributed by atoms with Gasteiger partial charge in [-0.25, -0.2) is 4.79 Å². The molecule has 0 fully saturated rings. The molecule has 0 atom stereocenters. The number of nitrogens with one attached hydrogen (secondary N) is 1. The number of carbonyl (C=O) groups excluding carboxylic acids is 1. The van der Waals surface area contributed by atoms with Crippen molar-refractivity contribution in [3.63, 3.8) is 0 Å². The van der Waals surface area contributed by atoms with E-state index in [1.54, 1.807) is 12.1 Å². The molecule has 0 aliphatic carbocycles. The van der Waals surface area contributed by atoms with E-state index in [0.29, 0.717) is 5.56 Å². The van der Waals surface area contributed by atoms with E-state index in [1.165, 1.54) is 16.9 Å². The van der Waals surface area contributed by atoms with Gasteiger partial charge in [0, 0.05) is 22.0 Å². The number of anilines is 1. The molecule has 0 radical (unpaired) electrons. The molecule has 1 aromatic heterocycles. The van der Waals surface area contributed by atoms with Crippen LogP contribution in [0.3, 0.4) is 0 Å². The largest absolute Gasteiger partial charge is 0.465 e. The molecule has 1 aromatic carbocycles. The number of hydrogen-bond acceptors (Lipinski definition) is 4. The van der Waals surface area contributed by atoms with E-state index in [-0.39, 0.29) is 5.97 Å². The zero-order valence-electron chi connectivity index (χ0n) is 11.1. The number of ether oxygens (including phenoxy) is 1. The average Bonchev–Trinajstić information content (AvgIpc) is 2.93. The molecule has 19 heavy (non-hydrogen) atoms. The van der Waals surface area contributed by atoms with Crippen molar-refractivity contribution in [1.82, 2.24) is 0 Å². The summed E-state index contributed by atoms with van der Waals surface area (Å²) in [5, 5.41) is 3.34. The first-order valence-electron chi connectivity index (χ1n) is 6.22. The Morgan fingerprint density at radius 3 is 2.42 bits per heavy atom. The van der Waals surface area contributed by atoms with Crippen LogP contribution in [0.5, 0.6) is 0 Å². The first-order chi connectivity index (χ1) is 9.22. The van der Waals surface area contributed by atoms with Gasteiger partial charge in [-0.2, -0.15) is 0 Å². The van der Waals surface area contributed by atoms with Crippen LogP contribution in [0, 0.1) is 0 Å². The van der Waals surface area contributed by atoms with Gasteiger partial charge >= 0.3 is 5.97 Å². The lowest BCUT2D eigenvalue weighted by molar-refractivity contribution is 0.0601. The van der Waals surface area contributed by atoms with Gasteiger partial charge < -0.3 is 10.1 Å². The van der Waals surface area contributed by atoms with E-state index in [0.717, 1.165) is 18.7 Å². The SMILES string of the molecule is CCc1ccc(CNc2ccc(C(=O)OC)cc2)s1. The molecular weight excluding hydrogens is 258 g/mol. The fourth-order valence-electron chi connectivity index (χ4n) is 1.74. The van der Waals surface area contributed by atoms with Crippen LogP contribution in [-0.2, 0) is 17.7 Å². The zero-order chi connectivity index (χ0) is 13.7. The summed E-state index contributed by atoms with van der Waals surface area (Å²) in [7, 11) is 1.39. The number of esters is 1. The highest BCUT2D eigenvalue weighted by molar-refractivity contribution is 7.12. The Balaban J connectivity index is 1.94. The predicted molar refractivity (Wildman–Crippen MR) is 78.8 cm³/mol. The summed E-state index contributed by atoms with van der Waals surface area (Å²) in [6.07, 6.45) is 1.08. The maximum Gasteiger partial charge on any atom is 0.337 e. The van der Waals surface area contributed by atoms with Gasteiger partial charge in [0.15, 0.2) is 0 Å². The molecule has 4 heteroatoms. The smallest absolute Gasteiger partial charge is 0.337 e. The van der Waals surface area contributed by atoms with Crippen LogP contribution < -0.4 is 5.32 Å². The third-order valence-electron chi connectivity index (χ3n) is 2.84. The zero-order valence-corrected chi connectivity index (χ0v) is 11.9. The van der Waals surface area contributed by atoms with Crippen LogP contribution in [0.25, 0.3) is 0 Å². The number of hydrogen-bond donors (Lipinski definition) is 1. The Morgan fingerprint density at radius 2 is 1.84 bits per heavy atom. The summed E-state index contributed by atoms with van der Waals surface area (Å²) in [6, 6.07) is 11.6. The summed E-state index contributed by atoms with van der Waals surface area (Å²) in [5.41, 5.74) is 1.57. The van der Waals surface area contributed by atoms with Gasteiger partial charge in [-0.15, -0.1) is 11.3 Å². The van der Waals surface area contributed by atoms with Crippen LogP contribution in [0.2, 0.25) is 0 Å². The summed E-state index contributed by atoms with van der Waals surface area (Å²) < 4.78 is 4.66. The minimum Gasteiger partial charge on any atom is -0.465 e. The van der Waals surface area contributed by atoms with Crippen molar-refractivity contribution in [3.05, 3.63) is 51.7 Å². The number of thiophene rings is 1. The number of rotatable bonds is 5. The minimum atomic E-state index is -0.308. The molecule has 0 aliphatic rings. The lowest BCUT2D eigenvalue weighted by Crippen LogP contribution is -2.02. The molecule has 1 N–H and O–H groups in total. The van der Waals surface area contributed by atoms with Gasteiger partial charge in [-0.05, 0) is 42.8 Å². The molecule has 1 heterocycles. The minimum absolute atomic E-state index is 0.308. The highest BCUT2D eigenvalue weighted by atomic mass is 32.1. The topological polar surface area (TPSA) is 38.3 Å². The van der Waals surface area contributed by atoms with E-state index < -0.39 is 0 Å². The van der Waals surface area contributed by atoms with Gasteiger partial charge in [0.2, 0.25) is 0 Å². The first kappa shape index (κ1) is 13.6. The van der Waals surface area contributed by atoms with Gasteiger partial charge in [0.05, 0.1) is 12.7 Å². The second-order valence-electron chi connectivity index (χ2n) is 4.14. The number of methoxy groups -OCH3 is 1. The highest BCUT2D eigenvalue weighted by Gasteiger charge is 2.04. The maximum atomic E-state index is 11.3. The molecule has 2 rings (SSSR count). The fourth-order valence-corrected chi connectivity index (χ4v) is 2.64. The Bertz CT molecular complexity index is 546. The average molecular weight is 275 g/mol. The number of aryl methyl sites for hydroxylation is 1. The number of carbonyl (C=O) groups is 1. The van der Waals surface area contributed by atoms with E-state index in [4.69, 9.17) is 0 Å². The standard InChI is InChI=1S/C15H17NO2S/c1-3-13-8-9-14(19-13)10-16-12-6-4-11(5-7-12)15(17)18-2/h4-9,16H,3,10H2,1-2H3. The van der Waals surface area contributed by atoms with E-state index >= 15 is 0 Å². The van der Waals surface area contributed by atoms with E-state index in [2.05, 4.69) is 29.1 Å². The van der Waals surface area contributed by atoms with Crippen molar-refractivity contribution in [1.29, 1.82) is 0 Å². The van der Waals surface area contributed by atoms with Crippen LogP contribution >= 0.6 is 11.3 Å². The van der Waals surface area contributed by atoms with Gasteiger partial charge in [-0.3, -0.25) is 0 Å². The molecule has 0 bridgehead atoms. The van der Waals surface area contributed by atoms with Gasteiger partial charge in [0.25, 0.3) is 0 Å². The van der Waals surface area contributed by atoms with Crippen molar-refractivity contribution in [2.75, 3.05) is 12.4 Å². The normalized spacial score (nSPS) is 10.2. The van der Waals surface area contributed by atoms with Gasteiger partial charge in [-0.1, -0.05) is 6.92 Å². The molecule has 100 valence electrons. The van der Waals surface area contributed by atoms with Crippen LogP contribution in [0.1, 0.15) is 27.0 Å².